The Morgan fingerprint density at radius 3 is 2.51 bits per heavy atom. The molecule has 1 aliphatic carbocycles. The first-order valence-corrected chi connectivity index (χ1v) is 18.3. The zero-order chi connectivity index (χ0) is 35.2. The monoisotopic (exact) mass is 685 g/mol. The highest BCUT2D eigenvalue weighted by Gasteiger charge is 2.44. The maximum absolute atomic E-state index is 12.9. The van der Waals surface area contributed by atoms with Crippen LogP contribution in [-0.4, -0.2) is 86.5 Å². The van der Waals surface area contributed by atoms with Crippen molar-refractivity contribution in [1.29, 1.82) is 0 Å². The van der Waals surface area contributed by atoms with Gasteiger partial charge in [-0.2, -0.15) is 0 Å². The number of nitrogens with one attached hydrogen (secondary N) is 2. The zero-order valence-electron chi connectivity index (χ0n) is 29.6. The van der Waals surface area contributed by atoms with Crippen LogP contribution < -0.4 is 15.8 Å². The van der Waals surface area contributed by atoms with Crippen LogP contribution in [0.25, 0.3) is 32.9 Å². The largest absolute Gasteiger partial charge is 0.393 e. The number of H-pyrrole nitrogens is 1. The van der Waals surface area contributed by atoms with E-state index in [-0.39, 0.29) is 23.8 Å². The van der Waals surface area contributed by atoms with Gasteiger partial charge in [-0.25, -0.2) is 9.97 Å². The molecule has 1 saturated carbocycles. The summed E-state index contributed by atoms with van der Waals surface area (Å²) in [7, 11) is 1.77. The highest BCUT2D eigenvalue weighted by atomic mass is 16.5. The average Bonchev–Trinajstić information content (AvgIpc) is 3.85. The second-order valence-electron chi connectivity index (χ2n) is 14.9. The van der Waals surface area contributed by atoms with E-state index in [1.165, 1.54) is 0 Å². The van der Waals surface area contributed by atoms with Crippen molar-refractivity contribution in [1.82, 2.24) is 29.7 Å². The summed E-state index contributed by atoms with van der Waals surface area (Å²) in [4.78, 5) is 31.5. The standard InChI is InChI=1S/C41H47N7O3/c1-4-19-43-40(2)17-23-47(24-18-40)30-15-21-48(22-16-30)39-44-35-13-10-28(34-26-46(3)38(50)36-32(34)14-20-42-36)25-33(35)37(45-39)41(27-49,51-31-11-12-31)29-8-6-5-7-9-29/h1,5-10,13-14,20,25-26,30-31,42-43,49H,11-12,15-19,21-24,27H2,2-3H3/t41-/m0/s1. The molecule has 10 heteroatoms. The fraction of sp³-hybridized carbons (Fsp3) is 0.439. The van der Waals surface area contributed by atoms with E-state index < -0.39 is 5.60 Å². The molecule has 264 valence electrons. The van der Waals surface area contributed by atoms with Gasteiger partial charge in [-0.05, 0) is 74.8 Å². The van der Waals surface area contributed by atoms with E-state index >= 15 is 0 Å². The third kappa shape index (κ3) is 6.33. The van der Waals surface area contributed by atoms with Crippen molar-refractivity contribution >= 4 is 27.8 Å². The fourth-order valence-corrected chi connectivity index (χ4v) is 8.13. The molecular formula is C41H47N7O3. The highest BCUT2D eigenvalue weighted by Crippen LogP contribution is 2.43. The van der Waals surface area contributed by atoms with E-state index in [0.29, 0.717) is 29.7 Å². The molecule has 5 heterocycles. The van der Waals surface area contributed by atoms with Crippen LogP contribution >= 0.6 is 0 Å². The molecule has 3 aromatic heterocycles. The number of aromatic nitrogens is 4. The minimum atomic E-state index is -1.18. The number of aliphatic hydroxyl groups is 1. The van der Waals surface area contributed by atoms with Crippen molar-refractivity contribution < 1.29 is 9.84 Å². The van der Waals surface area contributed by atoms with Gasteiger partial charge in [0.05, 0.1) is 30.5 Å². The van der Waals surface area contributed by atoms with Gasteiger partial charge in [-0.15, -0.1) is 6.42 Å². The van der Waals surface area contributed by atoms with Crippen LogP contribution in [0.1, 0.15) is 56.7 Å². The summed E-state index contributed by atoms with van der Waals surface area (Å²) >= 11 is 0. The van der Waals surface area contributed by atoms with E-state index in [1.807, 2.05) is 48.7 Å². The summed E-state index contributed by atoms with van der Waals surface area (Å²) in [6, 6.07) is 18.6. The number of anilines is 1. The Hall–Kier alpha value is -4.53. The number of ether oxygens (including phenoxy) is 1. The molecule has 0 unspecified atom stereocenters. The molecular weight excluding hydrogens is 638 g/mol. The highest BCUT2D eigenvalue weighted by molar-refractivity contribution is 5.97. The number of benzene rings is 2. The molecule has 3 fully saturated rings. The van der Waals surface area contributed by atoms with Crippen molar-refractivity contribution in [2.75, 3.05) is 44.2 Å². The van der Waals surface area contributed by atoms with Gasteiger partial charge in [-0.1, -0.05) is 42.3 Å². The second kappa shape index (κ2) is 13.5. The first-order valence-electron chi connectivity index (χ1n) is 18.3. The van der Waals surface area contributed by atoms with Crippen LogP contribution in [0.2, 0.25) is 0 Å². The Balaban J connectivity index is 1.17. The SMILES string of the molecule is C#CCNC1(C)CCN(C2CCN(c3nc([C@@](CO)(OC4CC4)c4ccccc4)c4cc(-c5cn(C)c(=O)c6[nH]ccc56)ccc4n3)CC2)CC1. The van der Waals surface area contributed by atoms with Gasteiger partial charge in [-0.3, -0.25) is 4.79 Å². The number of aromatic amines is 1. The number of pyridine rings is 1. The Morgan fingerprint density at radius 2 is 1.80 bits per heavy atom. The van der Waals surface area contributed by atoms with Gasteiger partial charge in [0, 0.05) is 73.5 Å². The minimum Gasteiger partial charge on any atom is -0.393 e. The molecule has 0 amide bonds. The number of terminal acetylenes is 1. The first-order chi connectivity index (χ1) is 24.8. The predicted octanol–water partition coefficient (Wildman–Crippen LogP) is 4.94. The van der Waals surface area contributed by atoms with Crippen LogP contribution in [0, 0.1) is 12.3 Å². The lowest BCUT2D eigenvalue weighted by molar-refractivity contribution is -0.0672. The number of fused-ring (bicyclic) bond motifs is 2. The number of aryl methyl sites for hydroxylation is 1. The molecule has 2 aromatic carbocycles. The first kappa shape index (κ1) is 33.6. The second-order valence-corrected chi connectivity index (χ2v) is 14.9. The van der Waals surface area contributed by atoms with Crippen LogP contribution in [0.5, 0.6) is 0 Å². The topological polar surface area (TPSA) is 112 Å². The van der Waals surface area contributed by atoms with E-state index in [1.54, 1.807) is 17.8 Å². The third-order valence-electron chi connectivity index (χ3n) is 11.4. The molecule has 51 heavy (non-hydrogen) atoms. The number of hydrogen-bond donors (Lipinski definition) is 3. The number of nitrogens with zero attached hydrogens (tertiary/aromatic N) is 5. The number of rotatable bonds is 10. The van der Waals surface area contributed by atoms with Crippen molar-refractivity contribution in [2.45, 2.75) is 68.7 Å². The molecule has 3 aliphatic rings. The number of aliphatic hydroxyl groups excluding tert-OH is 1. The maximum atomic E-state index is 12.9. The van der Waals surface area contributed by atoms with E-state index in [0.717, 1.165) is 97.7 Å². The van der Waals surface area contributed by atoms with E-state index in [2.05, 4.69) is 45.1 Å². The molecule has 0 bridgehead atoms. The molecule has 5 aromatic rings. The third-order valence-corrected chi connectivity index (χ3v) is 11.4. The minimum absolute atomic E-state index is 0.0426. The van der Waals surface area contributed by atoms with Crippen molar-refractivity contribution in [3.63, 3.8) is 0 Å². The molecule has 3 N–H and O–H groups in total. The number of hydrogen-bond acceptors (Lipinski definition) is 8. The average molecular weight is 686 g/mol. The molecule has 10 nitrogen and oxygen atoms in total. The Kier molecular flexibility index (Phi) is 8.93. The lowest BCUT2D eigenvalue weighted by Gasteiger charge is -2.45. The normalized spacial score (nSPS) is 19.7. The zero-order valence-corrected chi connectivity index (χ0v) is 29.6. The van der Waals surface area contributed by atoms with Gasteiger partial charge < -0.3 is 34.5 Å². The molecule has 0 radical (unpaired) electrons. The summed E-state index contributed by atoms with van der Waals surface area (Å²) in [5.41, 5.74) is 3.58. The van der Waals surface area contributed by atoms with Gasteiger partial charge in [0.15, 0.2) is 5.60 Å². The van der Waals surface area contributed by atoms with Crippen molar-refractivity contribution in [3.8, 4) is 23.5 Å². The predicted molar refractivity (Wildman–Crippen MR) is 202 cm³/mol. The van der Waals surface area contributed by atoms with Crippen molar-refractivity contribution in [3.05, 3.63) is 88.6 Å². The van der Waals surface area contributed by atoms with Crippen LogP contribution in [0.15, 0.2) is 71.8 Å². The molecule has 8 rings (SSSR count). The number of likely N-dealkylation sites (tertiary alicyclic amines) is 1. The summed E-state index contributed by atoms with van der Waals surface area (Å²) < 4.78 is 8.48. The summed E-state index contributed by atoms with van der Waals surface area (Å²) in [5, 5.41) is 16.6. The Labute approximate surface area is 298 Å². The van der Waals surface area contributed by atoms with Gasteiger partial charge in [0.25, 0.3) is 5.56 Å². The quantitative estimate of drug-likeness (QED) is 0.178. The maximum Gasteiger partial charge on any atom is 0.274 e. The Bertz CT molecular complexity index is 2130. The molecule has 1 atom stereocenters. The molecule has 2 aliphatic heterocycles. The summed E-state index contributed by atoms with van der Waals surface area (Å²) in [5.74, 6) is 3.39. The van der Waals surface area contributed by atoms with Gasteiger partial charge >= 0.3 is 0 Å². The Morgan fingerprint density at radius 1 is 1.04 bits per heavy atom. The van der Waals surface area contributed by atoms with Gasteiger partial charge in [0.1, 0.15) is 5.52 Å². The smallest absolute Gasteiger partial charge is 0.274 e. The number of piperidine rings is 2. The lowest BCUT2D eigenvalue weighted by Crippen LogP contribution is -2.55. The van der Waals surface area contributed by atoms with Gasteiger partial charge in [0.2, 0.25) is 5.95 Å². The van der Waals surface area contributed by atoms with E-state index in [9.17, 15) is 9.90 Å². The fourth-order valence-electron chi connectivity index (χ4n) is 8.13. The lowest BCUT2D eigenvalue weighted by atomic mass is 9.87. The van der Waals surface area contributed by atoms with Crippen LogP contribution in [0.4, 0.5) is 5.95 Å². The van der Waals surface area contributed by atoms with Crippen molar-refractivity contribution in [2.24, 2.45) is 7.05 Å². The molecule has 2 saturated heterocycles. The summed E-state index contributed by atoms with van der Waals surface area (Å²) in [6.07, 6.45) is 15.4. The van der Waals surface area contributed by atoms with Crippen LogP contribution in [0.3, 0.4) is 0 Å². The van der Waals surface area contributed by atoms with Crippen LogP contribution in [-0.2, 0) is 17.4 Å². The summed E-state index contributed by atoms with van der Waals surface area (Å²) in [6.45, 7) is 6.47. The van der Waals surface area contributed by atoms with E-state index in [4.69, 9.17) is 21.1 Å². The molecule has 0 spiro atoms.